The van der Waals surface area contributed by atoms with Gasteiger partial charge < -0.3 is 4.90 Å². The molecular formula is C20H25N. The van der Waals surface area contributed by atoms with Crippen molar-refractivity contribution in [2.75, 3.05) is 4.90 Å². The molecule has 0 unspecified atom stereocenters. The summed E-state index contributed by atoms with van der Waals surface area (Å²) in [5.74, 6) is 0. The SMILES string of the molecule is C=C/C(=C\C)N(c1ccccc1)c1ccccc1.CCC. The van der Waals surface area contributed by atoms with Crippen LogP contribution in [0.4, 0.5) is 11.4 Å². The lowest BCUT2D eigenvalue weighted by atomic mass is 10.2. The Balaban J connectivity index is 0.000000677. The Bertz CT molecular complexity index is 501. The van der Waals surface area contributed by atoms with Crippen molar-refractivity contribution in [2.24, 2.45) is 0 Å². The number of rotatable bonds is 4. The second-order valence-electron chi connectivity index (χ2n) is 4.63. The zero-order valence-electron chi connectivity index (χ0n) is 13.3. The molecule has 0 aliphatic heterocycles. The molecule has 0 saturated heterocycles. The van der Waals surface area contributed by atoms with Crippen LogP contribution < -0.4 is 4.90 Å². The fourth-order valence-corrected chi connectivity index (χ4v) is 1.94. The Hall–Kier alpha value is -2.28. The van der Waals surface area contributed by atoms with Gasteiger partial charge in [-0.15, -0.1) is 0 Å². The molecule has 0 radical (unpaired) electrons. The largest absolute Gasteiger partial charge is 0.311 e. The Morgan fingerprint density at radius 2 is 1.29 bits per heavy atom. The number of hydrogen-bond donors (Lipinski definition) is 0. The van der Waals surface area contributed by atoms with Crippen LogP contribution in [0.5, 0.6) is 0 Å². The smallest absolute Gasteiger partial charge is 0.0461 e. The van der Waals surface area contributed by atoms with Gasteiger partial charge in [-0.25, -0.2) is 0 Å². The van der Waals surface area contributed by atoms with Gasteiger partial charge in [0.15, 0.2) is 0 Å². The van der Waals surface area contributed by atoms with Gasteiger partial charge in [0, 0.05) is 17.1 Å². The van der Waals surface area contributed by atoms with E-state index in [0.717, 1.165) is 17.1 Å². The van der Waals surface area contributed by atoms with Crippen LogP contribution in [0.25, 0.3) is 0 Å². The summed E-state index contributed by atoms with van der Waals surface area (Å²) in [4.78, 5) is 2.19. The van der Waals surface area contributed by atoms with Crippen LogP contribution in [0.3, 0.4) is 0 Å². The maximum absolute atomic E-state index is 3.89. The van der Waals surface area contributed by atoms with Crippen LogP contribution in [0, 0.1) is 0 Å². The Morgan fingerprint density at radius 1 is 0.905 bits per heavy atom. The van der Waals surface area contributed by atoms with Gasteiger partial charge >= 0.3 is 0 Å². The van der Waals surface area contributed by atoms with E-state index in [1.165, 1.54) is 6.42 Å². The number of para-hydroxylation sites is 2. The highest BCUT2D eigenvalue weighted by atomic mass is 15.1. The Labute approximate surface area is 129 Å². The fraction of sp³-hybridized carbons (Fsp3) is 0.200. The van der Waals surface area contributed by atoms with Gasteiger partial charge in [-0.1, -0.05) is 69.3 Å². The van der Waals surface area contributed by atoms with Crippen molar-refractivity contribution >= 4 is 11.4 Å². The monoisotopic (exact) mass is 279 g/mol. The highest BCUT2D eigenvalue weighted by Gasteiger charge is 2.10. The summed E-state index contributed by atoms with van der Waals surface area (Å²) >= 11 is 0. The lowest BCUT2D eigenvalue weighted by Crippen LogP contribution is -2.14. The molecule has 0 bridgehead atoms. The molecule has 0 aliphatic rings. The summed E-state index contributed by atoms with van der Waals surface area (Å²) in [5.41, 5.74) is 3.35. The minimum Gasteiger partial charge on any atom is -0.311 e. The Morgan fingerprint density at radius 3 is 1.57 bits per heavy atom. The fourth-order valence-electron chi connectivity index (χ4n) is 1.94. The molecule has 0 spiro atoms. The van der Waals surface area contributed by atoms with E-state index in [4.69, 9.17) is 0 Å². The van der Waals surface area contributed by atoms with Crippen molar-refractivity contribution in [3.05, 3.63) is 85.1 Å². The highest BCUT2D eigenvalue weighted by molar-refractivity contribution is 5.69. The van der Waals surface area contributed by atoms with Gasteiger partial charge in [-0.3, -0.25) is 0 Å². The zero-order chi connectivity index (χ0) is 15.5. The summed E-state index contributed by atoms with van der Waals surface area (Å²) < 4.78 is 0. The quantitative estimate of drug-likeness (QED) is 0.591. The molecule has 2 aromatic rings. The first-order valence-electron chi connectivity index (χ1n) is 7.47. The maximum atomic E-state index is 3.89. The molecule has 0 N–H and O–H groups in total. The first kappa shape index (κ1) is 16.8. The molecule has 0 fully saturated rings. The van der Waals surface area contributed by atoms with Crippen LogP contribution >= 0.6 is 0 Å². The van der Waals surface area contributed by atoms with Crippen LogP contribution in [0.15, 0.2) is 85.1 Å². The molecule has 0 aliphatic carbocycles. The third kappa shape index (κ3) is 4.96. The molecule has 1 nitrogen and oxygen atoms in total. The maximum Gasteiger partial charge on any atom is 0.0461 e. The van der Waals surface area contributed by atoms with E-state index in [-0.39, 0.29) is 0 Å². The van der Waals surface area contributed by atoms with Crippen molar-refractivity contribution in [2.45, 2.75) is 27.2 Å². The van der Waals surface area contributed by atoms with Crippen LogP contribution in [0.1, 0.15) is 27.2 Å². The van der Waals surface area contributed by atoms with Gasteiger partial charge in [0.1, 0.15) is 0 Å². The van der Waals surface area contributed by atoms with Gasteiger partial charge in [0.2, 0.25) is 0 Å². The Kier molecular flexibility index (Phi) is 7.67. The lowest BCUT2D eigenvalue weighted by Gasteiger charge is -2.26. The standard InChI is InChI=1S/C17H17N.C3H8/c1-3-15(4-2)18(16-11-7-5-8-12-16)17-13-9-6-10-14-17;1-3-2/h3-14H,1H2,2H3;3H2,1-2H3/b15-4+;. The van der Waals surface area contributed by atoms with Gasteiger partial charge in [-0.2, -0.15) is 0 Å². The number of allylic oxidation sites excluding steroid dienone is 2. The summed E-state index contributed by atoms with van der Waals surface area (Å²) in [7, 11) is 0. The van der Waals surface area contributed by atoms with E-state index >= 15 is 0 Å². The molecule has 0 amide bonds. The lowest BCUT2D eigenvalue weighted by molar-refractivity contribution is 1.09. The molecule has 0 aromatic heterocycles. The summed E-state index contributed by atoms with van der Waals surface area (Å²) in [6.45, 7) is 10.2. The van der Waals surface area contributed by atoms with E-state index in [1.54, 1.807) is 0 Å². The van der Waals surface area contributed by atoms with Crippen molar-refractivity contribution in [1.82, 2.24) is 0 Å². The van der Waals surface area contributed by atoms with E-state index < -0.39 is 0 Å². The molecule has 0 heterocycles. The van der Waals surface area contributed by atoms with Crippen LogP contribution in [-0.2, 0) is 0 Å². The third-order valence-electron chi connectivity index (χ3n) is 2.79. The molecular weight excluding hydrogens is 254 g/mol. The zero-order valence-corrected chi connectivity index (χ0v) is 13.3. The molecule has 1 heteroatoms. The minimum absolute atomic E-state index is 1.08. The van der Waals surface area contributed by atoms with Gasteiger partial charge in [-0.05, 0) is 37.3 Å². The molecule has 2 rings (SSSR count). The molecule has 2 aromatic carbocycles. The summed E-state index contributed by atoms with van der Waals surface area (Å²) in [6, 6.07) is 20.6. The average Bonchev–Trinajstić information content (AvgIpc) is 2.55. The summed E-state index contributed by atoms with van der Waals surface area (Å²) in [5, 5.41) is 0. The molecule has 0 saturated carbocycles. The van der Waals surface area contributed by atoms with E-state index in [2.05, 4.69) is 55.7 Å². The van der Waals surface area contributed by atoms with Crippen LogP contribution in [-0.4, -0.2) is 0 Å². The predicted molar refractivity (Wildman–Crippen MR) is 94.9 cm³/mol. The molecule has 110 valence electrons. The predicted octanol–water partition coefficient (Wildman–Crippen LogP) is 6.33. The van der Waals surface area contributed by atoms with Gasteiger partial charge in [0.05, 0.1) is 0 Å². The van der Waals surface area contributed by atoms with Crippen molar-refractivity contribution in [3.63, 3.8) is 0 Å². The normalized spacial score (nSPS) is 10.3. The van der Waals surface area contributed by atoms with Crippen molar-refractivity contribution in [3.8, 4) is 0 Å². The second kappa shape index (κ2) is 9.60. The van der Waals surface area contributed by atoms with Crippen molar-refractivity contribution in [1.29, 1.82) is 0 Å². The minimum atomic E-state index is 1.08. The first-order chi connectivity index (χ1) is 10.3. The topological polar surface area (TPSA) is 3.24 Å². The third-order valence-corrected chi connectivity index (χ3v) is 2.79. The van der Waals surface area contributed by atoms with E-state index in [0.29, 0.717) is 0 Å². The number of nitrogens with zero attached hydrogens (tertiary/aromatic N) is 1. The average molecular weight is 279 g/mol. The van der Waals surface area contributed by atoms with E-state index in [9.17, 15) is 0 Å². The number of anilines is 2. The van der Waals surface area contributed by atoms with Gasteiger partial charge in [0.25, 0.3) is 0 Å². The van der Waals surface area contributed by atoms with Crippen molar-refractivity contribution < 1.29 is 0 Å². The summed E-state index contributed by atoms with van der Waals surface area (Å²) in [6.07, 6.45) is 5.19. The molecule has 0 atom stereocenters. The number of hydrogen-bond acceptors (Lipinski definition) is 1. The highest BCUT2D eigenvalue weighted by Crippen LogP contribution is 2.29. The first-order valence-corrected chi connectivity index (χ1v) is 7.47. The molecule has 21 heavy (non-hydrogen) atoms. The van der Waals surface area contributed by atoms with E-state index in [1.807, 2.05) is 49.4 Å². The second-order valence-corrected chi connectivity index (χ2v) is 4.63. The number of benzene rings is 2. The van der Waals surface area contributed by atoms with Crippen LogP contribution in [0.2, 0.25) is 0 Å².